The molecule has 3 amide bonds. The maximum atomic E-state index is 12.1. The summed E-state index contributed by atoms with van der Waals surface area (Å²) in [6, 6.07) is 12.8. The maximum Gasteiger partial charge on any atom is 0.338 e. The lowest BCUT2D eigenvalue weighted by Crippen LogP contribution is -2.23. The Hall–Kier alpha value is -3.68. The zero-order chi connectivity index (χ0) is 20.8. The topological polar surface area (TPSA) is 105 Å². The Morgan fingerprint density at radius 1 is 1.00 bits per heavy atom. The third kappa shape index (κ3) is 4.98. The van der Waals surface area contributed by atoms with Gasteiger partial charge in [0, 0.05) is 37.0 Å². The Morgan fingerprint density at radius 2 is 1.66 bits per heavy atom. The molecule has 8 nitrogen and oxygen atoms in total. The summed E-state index contributed by atoms with van der Waals surface area (Å²) in [5, 5.41) is 5.10. The van der Waals surface area contributed by atoms with E-state index in [0.717, 1.165) is 12.1 Å². The second-order valence-corrected chi connectivity index (χ2v) is 6.48. The lowest BCUT2D eigenvalue weighted by atomic mass is 10.2. The van der Waals surface area contributed by atoms with Gasteiger partial charge in [-0.3, -0.25) is 14.4 Å². The molecule has 1 saturated heterocycles. The molecule has 3 rings (SSSR count). The fraction of sp³-hybridized carbons (Fsp3) is 0.238. The molecule has 1 heterocycles. The number of ether oxygens (including phenoxy) is 1. The van der Waals surface area contributed by atoms with Crippen LogP contribution < -0.4 is 15.5 Å². The highest BCUT2D eigenvalue weighted by atomic mass is 16.5. The lowest BCUT2D eigenvalue weighted by molar-refractivity contribution is -0.119. The predicted molar refractivity (Wildman–Crippen MR) is 107 cm³/mol. The zero-order valence-electron chi connectivity index (χ0n) is 15.9. The fourth-order valence-corrected chi connectivity index (χ4v) is 2.96. The molecule has 2 aromatic rings. The second-order valence-electron chi connectivity index (χ2n) is 6.48. The Kier molecular flexibility index (Phi) is 6.23. The van der Waals surface area contributed by atoms with Gasteiger partial charge in [-0.1, -0.05) is 0 Å². The van der Waals surface area contributed by atoms with Crippen LogP contribution in [0.25, 0.3) is 0 Å². The van der Waals surface area contributed by atoms with Crippen molar-refractivity contribution in [1.82, 2.24) is 5.32 Å². The van der Waals surface area contributed by atoms with E-state index >= 15 is 0 Å². The van der Waals surface area contributed by atoms with Gasteiger partial charge in [-0.15, -0.1) is 0 Å². The molecule has 8 heteroatoms. The second kappa shape index (κ2) is 9.01. The number of anilines is 2. The highest BCUT2D eigenvalue weighted by Crippen LogP contribution is 2.21. The molecule has 0 spiro atoms. The van der Waals surface area contributed by atoms with Gasteiger partial charge in [-0.05, 0) is 55.0 Å². The van der Waals surface area contributed by atoms with Crippen LogP contribution >= 0.6 is 0 Å². The summed E-state index contributed by atoms with van der Waals surface area (Å²) < 4.78 is 5.03. The van der Waals surface area contributed by atoms with E-state index in [0.29, 0.717) is 29.8 Å². The van der Waals surface area contributed by atoms with Crippen molar-refractivity contribution in [3.63, 3.8) is 0 Å². The molecule has 0 unspecified atom stereocenters. The van der Waals surface area contributed by atoms with Crippen molar-refractivity contribution in [1.29, 1.82) is 0 Å². The molecular weight excluding hydrogens is 374 g/mol. The van der Waals surface area contributed by atoms with Gasteiger partial charge < -0.3 is 20.3 Å². The molecule has 1 aliphatic rings. The number of nitrogens with one attached hydrogen (secondary N) is 2. The molecule has 0 aromatic heterocycles. The maximum absolute atomic E-state index is 12.1. The first-order chi connectivity index (χ1) is 14.0. The first-order valence-corrected chi connectivity index (χ1v) is 9.17. The van der Waals surface area contributed by atoms with Crippen LogP contribution in [0, 0.1) is 0 Å². The Balaban J connectivity index is 1.50. The molecular formula is C21H21N3O5. The van der Waals surface area contributed by atoms with Gasteiger partial charge in [-0.2, -0.15) is 0 Å². The fourth-order valence-electron chi connectivity index (χ4n) is 2.96. The van der Waals surface area contributed by atoms with Crippen molar-refractivity contribution in [3.8, 4) is 0 Å². The van der Waals surface area contributed by atoms with Crippen LogP contribution in [-0.2, 0) is 14.3 Å². The van der Waals surface area contributed by atoms with Crippen LogP contribution in [0.1, 0.15) is 33.6 Å². The van der Waals surface area contributed by atoms with Crippen molar-refractivity contribution in [3.05, 3.63) is 59.7 Å². The van der Waals surface area contributed by atoms with E-state index in [1.807, 2.05) is 0 Å². The average molecular weight is 395 g/mol. The molecule has 0 saturated carbocycles. The zero-order valence-corrected chi connectivity index (χ0v) is 15.9. The van der Waals surface area contributed by atoms with E-state index in [-0.39, 0.29) is 11.8 Å². The number of carbonyl (C=O) groups excluding carboxylic acids is 4. The average Bonchev–Trinajstić information content (AvgIpc) is 3.18. The van der Waals surface area contributed by atoms with E-state index in [9.17, 15) is 19.2 Å². The Bertz CT molecular complexity index is 922. The summed E-state index contributed by atoms with van der Waals surface area (Å²) in [5.74, 6) is -1.28. The number of benzene rings is 2. The molecule has 0 bridgehead atoms. The molecule has 0 aliphatic carbocycles. The minimum absolute atomic E-state index is 0.0698. The van der Waals surface area contributed by atoms with E-state index in [4.69, 9.17) is 4.74 Å². The summed E-state index contributed by atoms with van der Waals surface area (Å²) in [4.78, 5) is 49.0. The van der Waals surface area contributed by atoms with Crippen LogP contribution in [0.2, 0.25) is 0 Å². The summed E-state index contributed by atoms with van der Waals surface area (Å²) >= 11 is 0. The van der Waals surface area contributed by atoms with Gasteiger partial charge in [0.1, 0.15) is 0 Å². The van der Waals surface area contributed by atoms with Crippen LogP contribution in [0.4, 0.5) is 11.4 Å². The molecule has 0 atom stereocenters. The highest BCUT2D eigenvalue weighted by Gasteiger charge is 2.21. The van der Waals surface area contributed by atoms with E-state index in [1.54, 1.807) is 53.4 Å². The Labute approximate surface area is 167 Å². The van der Waals surface area contributed by atoms with Gasteiger partial charge >= 0.3 is 5.97 Å². The molecule has 150 valence electrons. The number of carbonyl (C=O) groups is 4. The molecule has 0 radical (unpaired) electrons. The third-order valence-electron chi connectivity index (χ3n) is 4.48. The van der Waals surface area contributed by atoms with Crippen molar-refractivity contribution in [2.24, 2.45) is 0 Å². The number of hydrogen-bond acceptors (Lipinski definition) is 5. The van der Waals surface area contributed by atoms with Crippen molar-refractivity contribution in [2.75, 3.05) is 30.4 Å². The smallest absolute Gasteiger partial charge is 0.338 e. The molecule has 2 aromatic carbocycles. The van der Waals surface area contributed by atoms with E-state index in [1.165, 1.54) is 7.05 Å². The molecule has 1 fully saturated rings. The standard InChI is InChI=1S/C21H21N3O5/c1-22-20(27)14-4-8-16(9-5-14)23-18(25)13-29-21(28)15-6-10-17(11-7-15)24-12-2-3-19(24)26/h4-11H,2-3,12-13H2,1H3,(H,22,27)(H,23,25). The van der Waals surface area contributed by atoms with Gasteiger partial charge in [0.15, 0.2) is 6.61 Å². The molecule has 2 N–H and O–H groups in total. The number of rotatable bonds is 6. The predicted octanol–water partition coefficient (Wildman–Crippen LogP) is 1.97. The number of hydrogen-bond donors (Lipinski definition) is 2. The number of amides is 3. The lowest BCUT2D eigenvalue weighted by Gasteiger charge is -2.15. The summed E-state index contributed by atoms with van der Waals surface area (Å²) in [7, 11) is 1.53. The van der Waals surface area contributed by atoms with Crippen molar-refractivity contribution < 1.29 is 23.9 Å². The Morgan fingerprint density at radius 3 is 2.24 bits per heavy atom. The first-order valence-electron chi connectivity index (χ1n) is 9.17. The van der Waals surface area contributed by atoms with Gasteiger partial charge in [0.2, 0.25) is 5.91 Å². The highest BCUT2D eigenvalue weighted by molar-refractivity contribution is 5.98. The van der Waals surface area contributed by atoms with Gasteiger partial charge in [-0.25, -0.2) is 4.79 Å². The summed E-state index contributed by atoms with van der Waals surface area (Å²) in [5.41, 5.74) is 1.99. The molecule has 1 aliphatic heterocycles. The third-order valence-corrected chi connectivity index (χ3v) is 4.48. The largest absolute Gasteiger partial charge is 0.452 e. The number of nitrogens with zero attached hydrogens (tertiary/aromatic N) is 1. The van der Waals surface area contributed by atoms with E-state index in [2.05, 4.69) is 10.6 Å². The monoisotopic (exact) mass is 395 g/mol. The van der Waals surface area contributed by atoms with Crippen LogP contribution in [0.3, 0.4) is 0 Å². The first kappa shape index (κ1) is 20.1. The van der Waals surface area contributed by atoms with Gasteiger partial charge in [0.25, 0.3) is 11.8 Å². The quantitative estimate of drug-likeness (QED) is 0.728. The minimum atomic E-state index is -0.630. The molecule has 29 heavy (non-hydrogen) atoms. The summed E-state index contributed by atoms with van der Waals surface area (Å²) in [6.45, 7) is 0.231. The van der Waals surface area contributed by atoms with E-state index < -0.39 is 18.5 Å². The van der Waals surface area contributed by atoms with Crippen molar-refractivity contribution >= 4 is 35.1 Å². The van der Waals surface area contributed by atoms with Crippen LogP contribution in [0.5, 0.6) is 0 Å². The normalized spacial score (nSPS) is 13.1. The summed E-state index contributed by atoms with van der Waals surface area (Å²) in [6.07, 6.45) is 1.36. The minimum Gasteiger partial charge on any atom is -0.452 e. The van der Waals surface area contributed by atoms with Gasteiger partial charge in [0.05, 0.1) is 5.56 Å². The number of esters is 1. The van der Waals surface area contributed by atoms with Crippen LogP contribution in [0.15, 0.2) is 48.5 Å². The van der Waals surface area contributed by atoms with Crippen LogP contribution in [-0.4, -0.2) is 43.9 Å². The van der Waals surface area contributed by atoms with Crippen molar-refractivity contribution in [2.45, 2.75) is 12.8 Å². The SMILES string of the molecule is CNC(=O)c1ccc(NC(=O)COC(=O)c2ccc(N3CCCC3=O)cc2)cc1.